The van der Waals surface area contributed by atoms with Crippen molar-refractivity contribution in [3.05, 3.63) is 35.4 Å². The van der Waals surface area contributed by atoms with Crippen molar-refractivity contribution < 1.29 is 9.59 Å². The molecule has 0 heterocycles. The molecule has 92 valence electrons. The maximum absolute atomic E-state index is 11.0. The van der Waals surface area contributed by atoms with Gasteiger partial charge in [-0.15, -0.1) is 0 Å². The van der Waals surface area contributed by atoms with Gasteiger partial charge in [0.05, 0.1) is 0 Å². The molecule has 0 aliphatic heterocycles. The van der Waals surface area contributed by atoms with Crippen LogP contribution in [0.4, 0.5) is 0 Å². The second-order valence-corrected chi connectivity index (χ2v) is 4.02. The van der Waals surface area contributed by atoms with Crippen LogP contribution in [0.1, 0.15) is 29.3 Å². The summed E-state index contributed by atoms with van der Waals surface area (Å²) in [5, 5.41) is 3.14. The van der Waals surface area contributed by atoms with E-state index < -0.39 is 5.91 Å². The van der Waals surface area contributed by atoms with Gasteiger partial charge in [0.2, 0.25) is 11.8 Å². The standard InChI is InChI=1S/C12H17N3O2/c1-8(5-11(13)16)15-7-9-3-2-4-10(6-9)12(14)17/h2-4,6,8,15H,5,7H2,1H3,(H2,13,16)(H2,14,17). The van der Waals surface area contributed by atoms with Crippen LogP contribution in [0.15, 0.2) is 24.3 Å². The highest BCUT2D eigenvalue weighted by Gasteiger charge is 2.06. The zero-order valence-corrected chi connectivity index (χ0v) is 9.77. The van der Waals surface area contributed by atoms with Gasteiger partial charge in [0.1, 0.15) is 0 Å². The summed E-state index contributed by atoms with van der Waals surface area (Å²) >= 11 is 0. The number of primary amides is 2. The largest absolute Gasteiger partial charge is 0.370 e. The molecule has 1 atom stereocenters. The highest BCUT2D eigenvalue weighted by atomic mass is 16.1. The topological polar surface area (TPSA) is 98.2 Å². The van der Waals surface area contributed by atoms with E-state index in [1.807, 2.05) is 13.0 Å². The van der Waals surface area contributed by atoms with E-state index in [1.54, 1.807) is 18.2 Å². The molecule has 0 radical (unpaired) electrons. The Labute approximate surface area is 100 Å². The van der Waals surface area contributed by atoms with E-state index in [4.69, 9.17) is 11.5 Å². The molecule has 2 amide bonds. The lowest BCUT2D eigenvalue weighted by Crippen LogP contribution is -2.30. The molecular formula is C12H17N3O2. The smallest absolute Gasteiger partial charge is 0.248 e. The SMILES string of the molecule is CC(CC(N)=O)NCc1cccc(C(N)=O)c1. The summed E-state index contributed by atoms with van der Waals surface area (Å²) in [6.07, 6.45) is 0.287. The Bertz CT molecular complexity index is 418. The Morgan fingerprint density at radius 1 is 1.35 bits per heavy atom. The van der Waals surface area contributed by atoms with Gasteiger partial charge in [-0.1, -0.05) is 12.1 Å². The third-order valence-corrected chi connectivity index (χ3v) is 2.37. The van der Waals surface area contributed by atoms with E-state index in [1.165, 1.54) is 0 Å². The molecule has 0 aliphatic rings. The van der Waals surface area contributed by atoms with E-state index in [2.05, 4.69) is 5.32 Å². The van der Waals surface area contributed by atoms with Crippen LogP contribution in [-0.4, -0.2) is 17.9 Å². The lowest BCUT2D eigenvalue weighted by atomic mass is 10.1. The molecule has 0 aromatic heterocycles. The fourth-order valence-corrected chi connectivity index (χ4v) is 1.50. The molecule has 1 unspecified atom stereocenters. The van der Waals surface area contributed by atoms with Crippen molar-refractivity contribution in [2.75, 3.05) is 0 Å². The third kappa shape index (κ3) is 4.65. The first-order valence-electron chi connectivity index (χ1n) is 5.39. The molecule has 1 aromatic carbocycles. The van der Waals surface area contributed by atoms with Crippen molar-refractivity contribution in [3.63, 3.8) is 0 Å². The van der Waals surface area contributed by atoms with Gasteiger partial charge in [-0.05, 0) is 24.6 Å². The summed E-state index contributed by atoms with van der Waals surface area (Å²) < 4.78 is 0. The summed E-state index contributed by atoms with van der Waals surface area (Å²) in [6, 6.07) is 7.06. The highest BCUT2D eigenvalue weighted by Crippen LogP contribution is 2.05. The Hall–Kier alpha value is -1.88. The van der Waals surface area contributed by atoms with Crippen LogP contribution < -0.4 is 16.8 Å². The minimum Gasteiger partial charge on any atom is -0.370 e. The van der Waals surface area contributed by atoms with Crippen LogP contribution >= 0.6 is 0 Å². The average molecular weight is 235 g/mol. The van der Waals surface area contributed by atoms with E-state index in [9.17, 15) is 9.59 Å². The molecule has 5 nitrogen and oxygen atoms in total. The first-order chi connectivity index (χ1) is 7.99. The Morgan fingerprint density at radius 2 is 2.06 bits per heavy atom. The zero-order chi connectivity index (χ0) is 12.8. The van der Waals surface area contributed by atoms with Crippen molar-refractivity contribution in [3.8, 4) is 0 Å². The van der Waals surface area contributed by atoms with Gasteiger partial charge in [0.15, 0.2) is 0 Å². The van der Waals surface area contributed by atoms with Crippen molar-refractivity contribution in [2.45, 2.75) is 25.9 Å². The predicted molar refractivity (Wildman–Crippen MR) is 65.1 cm³/mol. The van der Waals surface area contributed by atoms with Gasteiger partial charge >= 0.3 is 0 Å². The minimum absolute atomic E-state index is 0.00438. The second kappa shape index (κ2) is 6.00. The van der Waals surface area contributed by atoms with E-state index >= 15 is 0 Å². The predicted octanol–water partition coefficient (Wildman–Crippen LogP) is 0.139. The number of carbonyl (C=O) groups is 2. The summed E-state index contributed by atoms with van der Waals surface area (Å²) in [5.41, 5.74) is 11.7. The van der Waals surface area contributed by atoms with Crippen molar-refractivity contribution in [1.82, 2.24) is 5.32 Å². The molecule has 17 heavy (non-hydrogen) atoms. The maximum Gasteiger partial charge on any atom is 0.248 e. The number of rotatable bonds is 6. The van der Waals surface area contributed by atoms with E-state index in [0.29, 0.717) is 12.1 Å². The normalized spacial score (nSPS) is 12.1. The lowest BCUT2D eigenvalue weighted by molar-refractivity contribution is -0.118. The molecule has 0 spiro atoms. The fraction of sp³-hybridized carbons (Fsp3) is 0.333. The number of benzene rings is 1. The van der Waals surface area contributed by atoms with Gasteiger partial charge in [-0.2, -0.15) is 0 Å². The van der Waals surface area contributed by atoms with E-state index in [0.717, 1.165) is 5.56 Å². The first-order valence-corrected chi connectivity index (χ1v) is 5.39. The summed E-state index contributed by atoms with van der Waals surface area (Å²) in [7, 11) is 0. The molecule has 0 saturated heterocycles. The van der Waals surface area contributed by atoms with Crippen LogP contribution in [0.25, 0.3) is 0 Å². The number of nitrogens with two attached hydrogens (primary N) is 2. The van der Waals surface area contributed by atoms with Crippen LogP contribution in [0.5, 0.6) is 0 Å². The monoisotopic (exact) mass is 235 g/mol. The molecule has 1 rings (SSSR count). The number of nitrogens with one attached hydrogen (secondary N) is 1. The Morgan fingerprint density at radius 3 is 2.65 bits per heavy atom. The van der Waals surface area contributed by atoms with Gasteiger partial charge < -0.3 is 16.8 Å². The highest BCUT2D eigenvalue weighted by molar-refractivity contribution is 5.92. The lowest BCUT2D eigenvalue weighted by Gasteiger charge is -2.12. The molecule has 0 saturated carbocycles. The van der Waals surface area contributed by atoms with Crippen LogP contribution in [-0.2, 0) is 11.3 Å². The van der Waals surface area contributed by atoms with Crippen molar-refractivity contribution >= 4 is 11.8 Å². The number of amides is 2. The molecule has 5 N–H and O–H groups in total. The molecular weight excluding hydrogens is 218 g/mol. The van der Waals surface area contributed by atoms with E-state index in [-0.39, 0.29) is 18.4 Å². The molecule has 0 fully saturated rings. The number of hydrogen-bond donors (Lipinski definition) is 3. The summed E-state index contributed by atoms with van der Waals surface area (Å²) in [4.78, 5) is 21.7. The van der Waals surface area contributed by atoms with Gasteiger partial charge in [-0.3, -0.25) is 9.59 Å². The van der Waals surface area contributed by atoms with Crippen LogP contribution in [0, 0.1) is 0 Å². The molecule has 1 aromatic rings. The maximum atomic E-state index is 11.0. The molecule has 0 aliphatic carbocycles. The van der Waals surface area contributed by atoms with Crippen LogP contribution in [0.3, 0.4) is 0 Å². The number of hydrogen-bond acceptors (Lipinski definition) is 3. The minimum atomic E-state index is -0.447. The van der Waals surface area contributed by atoms with Crippen molar-refractivity contribution in [1.29, 1.82) is 0 Å². The average Bonchev–Trinajstić information content (AvgIpc) is 2.26. The second-order valence-electron chi connectivity index (χ2n) is 4.02. The number of carbonyl (C=O) groups excluding carboxylic acids is 2. The molecule has 0 bridgehead atoms. The van der Waals surface area contributed by atoms with Gasteiger partial charge in [-0.25, -0.2) is 0 Å². The van der Waals surface area contributed by atoms with Crippen molar-refractivity contribution in [2.24, 2.45) is 11.5 Å². The van der Waals surface area contributed by atoms with Crippen LogP contribution in [0.2, 0.25) is 0 Å². The van der Waals surface area contributed by atoms with Gasteiger partial charge in [0, 0.05) is 24.6 Å². The fourth-order valence-electron chi connectivity index (χ4n) is 1.50. The van der Waals surface area contributed by atoms with Gasteiger partial charge in [0.25, 0.3) is 0 Å². The first kappa shape index (κ1) is 13.2. The zero-order valence-electron chi connectivity index (χ0n) is 9.77. The Balaban J connectivity index is 2.54. The summed E-state index contributed by atoms with van der Waals surface area (Å²) in [6.45, 7) is 2.44. The third-order valence-electron chi connectivity index (χ3n) is 2.37. The molecule has 5 heteroatoms. The quantitative estimate of drug-likeness (QED) is 0.654. The Kier molecular flexibility index (Phi) is 4.66. The summed E-state index contributed by atoms with van der Waals surface area (Å²) in [5.74, 6) is -0.784.